The van der Waals surface area contributed by atoms with Gasteiger partial charge in [-0.2, -0.15) is 0 Å². The zero-order chi connectivity index (χ0) is 20.2. The topological polar surface area (TPSA) is 62.6 Å². The number of nitrogens with zero attached hydrogens (tertiary/aromatic N) is 1. The fourth-order valence-electron chi connectivity index (χ4n) is 3.52. The van der Waals surface area contributed by atoms with Crippen molar-refractivity contribution >= 4 is 34.8 Å². The Hall–Kier alpha value is -2.57. The predicted molar refractivity (Wildman–Crippen MR) is 114 cm³/mol. The van der Waals surface area contributed by atoms with E-state index in [9.17, 15) is 9.59 Å². The standard InChI is InChI=1S/C22H21ClN2O3S/c23-16-8-6-15(7-9-16)19-11-10-17(28-19)14-24-21(26)18-4-1-2-12-25(18)22(27)20-5-3-13-29-20/h3,5-11,13,18H,1-2,4,12,14H2,(H,24,26). The summed E-state index contributed by atoms with van der Waals surface area (Å²) < 4.78 is 5.84. The van der Waals surface area contributed by atoms with Gasteiger partial charge in [0.15, 0.2) is 0 Å². The second-order valence-corrected chi connectivity index (χ2v) is 8.36. The lowest BCUT2D eigenvalue weighted by Crippen LogP contribution is -2.51. The van der Waals surface area contributed by atoms with Gasteiger partial charge < -0.3 is 14.6 Å². The molecular formula is C22H21ClN2O3S. The summed E-state index contributed by atoms with van der Waals surface area (Å²) in [6.07, 6.45) is 2.54. The van der Waals surface area contributed by atoms with Gasteiger partial charge in [0, 0.05) is 17.1 Å². The van der Waals surface area contributed by atoms with E-state index in [-0.39, 0.29) is 18.4 Å². The Morgan fingerprint density at radius 1 is 1.14 bits per heavy atom. The summed E-state index contributed by atoms with van der Waals surface area (Å²) in [6, 6.07) is 14.3. The van der Waals surface area contributed by atoms with E-state index in [1.54, 1.807) is 11.0 Å². The minimum atomic E-state index is -0.441. The highest BCUT2D eigenvalue weighted by atomic mass is 35.5. The van der Waals surface area contributed by atoms with Crippen LogP contribution in [0.1, 0.15) is 34.7 Å². The maximum absolute atomic E-state index is 12.8. The van der Waals surface area contributed by atoms with Crippen molar-refractivity contribution in [2.75, 3.05) is 6.54 Å². The quantitative estimate of drug-likeness (QED) is 0.623. The van der Waals surface area contributed by atoms with Gasteiger partial charge in [-0.05, 0) is 67.1 Å². The smallest absolute Gasteiger partial charge is 0.264 e. The minimum absolute atomic E-state index is 0.0668. The number of carbonyl (C=O) groups is 2. The van der Waals surface area contributed by atoms with E-state index in [2.05, 4.69) is 5.32 Å². The van der Waals surface area contributed by atoms with E-state index in [4.69, 9.17) is 16.0 Å². The van der Waals surface area contributed by atoms with Gasteiger partial charge in [0.05, 0.1) is 11.4 Å². The van der Waals surface area contributed by atoms with Crippen molar-refractivity contribution in [2.45, 2.75) is 31.8 Å². The van der Waals surface area contributed by atoms with E-state index in [0.29, 0.717) is 28.6 Å². The van der Waals surface area contributed by atoms with E-state index < -0.39 is 6.04 Å². The van der Waals surface area contributed by atoms with Crippen LogP contribution in [0.4, 0.5) is 0 Å². The summed E-state index contributed by atoms with van der Waals surface area (Å²) in [4.78, 5) is 27.9. The molecule has 0 aliphatic carbocycles. The largest absolute Gasteiger partial charge is 0.459 e. The molecule has 3 aromatic rings. The highest BCUT2D eigenvalue weighted by Crippen LogP contribution is 2.25. The molecule has 5 nitrogen and oxygen atoms in total. The number of carbonyl (C=O) groups excluding carboxylic acids is 2. The predicted octanol–water partition coefficient (Wildman–Crippen LogP) is 4.97. The second-order valence-electron chi connectivity index (χ2n) is 6.98. The lowest BCUT2D eigenvalue weighted by atomic mass is 10.0. The molecule has 1 unspecified atom stereocenters. The Bertz CT molecular complexity index is 982. The van der Waals surface area contributed by atoms with Gasteiger partial charge in [-0.15, -0.1) is 11.3 Å². The van der Waals surface area contributed by atoms with E-state index in [0.717, 1.165) is 24.2 Å². The van der Waals surface area contributed by atoms with E-state index >= 15 is 0 Å². The number of hydrogen-bond donors (Lipinski definition) is 1. The van der Waals surface area contributed by atoms with Crippen LogP contribution in [0, 0.1) is 0 Å². The number of halogens is 1. The number of furan rings is 1. The van der Waals surface area contributed by atoms with Gasteiger partial charge >= 0.3 is 0 Å². The van der Waals surface area contributed by atoms with Crippen LogP contribution in [-0.4, -0.2) is 29.3 Å². The van der Waals surface area contributed by atoms with Crippen LogP contribution in [0.15, 0.2) is 58.3 Å². The molecule has 0 bridgehead atoms. The highest BCUT2D eigenvalue weighted by molar-refractivity contribution is 7.12. The number of likely N-dealkylation sites (tertiary alicyclic amines) is 1. The number of piperidine rings is 1. The summed E-state index contributed by atoms with van der Waals surface area (Å²) in [5, 5.41) is 5.47. The maximum Gasteiger partial charge on any atom is 0.264 e. The summed E-state index contributed by atoms with van der Waals surface area (Å²) in [7, 11) is 0. The number of amides is 2. The number of thiophene rings is 1. The molecule has 4 rings (SSSR count). The van der Waals surface area contributed by atoms with Crippen molar-refractivity contribution < 1.29 is 14.0 Å². The average molecular weight is 429 g/mol. The Balaban J connectivity index is 1.39. The van der Waals surface area contributed by atoms with Crippen LogP contribution >= 0.6 is 22.9 Å². The molecule has 7 heteroatoms. The Labute approximate surface area is 178 Å². The van der Waals surface area contributed by atoms with Gasteiger partial charge in [-0.3, -0.25) is 9.59 Å². The van der Waals surface area contributed by atoms with Gasteiger partial charge in [0.1, 0.15) is 17.6 Å². The fraction of sp³-hybridized carbons (Fsp3) is 0.273. The van der Waals surface area contributed by atoms with Crippen LogP contribution in [0.3, 0.4) is 0 Å². The lowest BCUT2D eigenvalue weighted by molar-refractivity contribution is -0.126. The Morgan fingerprint density at radius 2 is 1.97 bits per heavy atom. The maximum atomic E-state index is 12.8. The minimum Gasteiger partial charge on any atom is -0.459 e. The molecule has 0 radical (unpaired) electrons. The monoisotopic (exact) mass is 428 g/mol. The van der Waals surface area contributed by atoms with Crippen molar-refractivity contribution in [3.63, 3.8) is 0 Å². The molecule has 1 atom stereocenters. The molecule has 1 aliphatic heterocycles. The molecule has 1 fully saturated rings. The SMILES string of the molecule is O=C(NCc1ccc(-c2ccc(Cl)cc2)o1)C1CCCCN1C(=O)c1cccs1. The second kappa shape index (κ2) is 8.84. The summed E-state index contributed by atoms with van der Waals surface area (Å²) >= 11 is 7.33. The molecule has 150 valence electrons. The third-order valence-electron chi connectivity index (χ3n) is 5.03. The highest BCUT2D eigenvalue weighted by Gasteiger charge is 2.32. The molecule has 0 spiro atoms. The first kappa shape index (κ1) is 19.7. The van der Waals surface area contributed by atoms with E-state index in [1.165, 1.54) is 11.3 Å². The molecule has 1 saturated heterocycles. The third-order valence-corrected chi connectivity index (χ3v) is 6.14. The molecule has 3 heterocycles. The van der Waals surface area contributed by atoms with Crippen LogP contribution in [0.25, 0.3) is 11.3 Å². The first-order valence-electron chi connectivity index (χ1n) is 9.58. The molecular weight excluding hydrogens is 408 g/mol. The first-order valence-corrected chi connectivity index (χ1v) is 10.8. The number of rotatable bonds is 5. The van der Waals surface area contributed by atoms with Crippen molar-refractivity contribution in [2.24, 2.45) is 0 Å². The summed E-state index contributed by atoms with van der Waals surface area (Å²) in [5.74, 6) is 1.18. The first-order chi connectivity index (χ1) is 14.1. The summed E-state index contributed by atoms with van der Waals surface area (Å²) in [5.41, 5.74) is 0.923. The number of benzene rings is 1. The average Bonchev–Trinajstić information content (AvgIpc) is 3.44. The molecule has 29 heavy (non-hydrogen) atoms. The van der Waals surface area contributed by atoms with Crippen molar-refractivity contribution in [3.05, 3.63) is 69.6 Å². The van der Waals surface area contributed by atoms with Crippen molar-refractivity contribution in [1.29, 1.82) is 0 Å². The zero-order valence-corrected chi connectivity index (χ0v) is 17.3. The van der Waals surface area contributed by atoms with Gasteiger partial charge in [0.25, 0.3) is 5.91 Å². The molecule has 2 amide bonds. The van der Waals surface area contributed by atoms with Crippen molar-refractivity contribution in [1.82, 2.24) is 10.2 Å². The van der Waals surface area contributed by atoms with Crippen LogP contribution in [-0.2, 0) is 11.3 Å². The molecule has 0 saturated carbocycles. The van der Waals surface area contributed by atoms with Gasteiger partial charge in [-0.1, -0.05) is 17.7 Å². The number of hydrogen-bond acceptors (Lipinski definition) is 4. The normalized spacial score (nSPS) is 16.6. The third kappa shape index (κ3) is 4.54. The van der Waals surface area contributed by atoms with E-state index in [1.807, 2.05) is 47.8 Å². The lowest BCUT2D eigenvalue weighted by Gasteiger charge is -2.34. The summed E-state index contributed by atoms with van der Waals surface area (Å²) in [6.45, 7) is 0.889. The Kier molecular flexibility index (Phi) is 6.02. The van der Waals surface area contributed by atoms with Crippen LogP contribution in [0.2, 0.25) is 5.02 Å². The molecule has 1 aromatic carbocycles. The van der Waals surface area contributed by atoms with Gasteiger partial charge in [-0.25, -0.2) is 0 Å². The van der Waals surface area contributed by atoms with Crippen LogP contribution in [0.5, 0.6) is 0 Å². The fourth-order valence-corrected chi connectivity index (χ4v) is 4.33. The number of nitrogens with one attached hydrogen (secondary N) is 1. The van der Waals surface area contributed by atoms with Gasteiger partial charge in [0.2, 0.25) is 5.91 Å². The molecule has 1 N–H and O–H groups in total. The molecule has 2 aromatic heterocycles. The van der Waals surface area contributed by atoms with Crippen LogP contribution < -0.4 is 5.32 Å². The Morgan fingerprint density at radius 3 is 2.72 bits per heavy atom. The van der Waals surface area contributed by atoms with Crippen molar-refractivity contribution in [3.8, 4) is 11.3 Å². The zero-order valence-electron chi connectivity index (χ0n) is 15.8. The molecule has 1 aliphatic rings.